The first-order chi connectivity index (χ1) is 11.0. The molecule has 0 fully saturated rings. The first-order valence-corrected chi connectivity index (χ1v) is 8.40. The molecule has 0 spiro atoms. The number of benzene rings is 2. The van der Waals surface area contributed by atoms with Gasteiger partial charge in [0.15, 0.2) is 0 Å². The van der Waals surface area contributed by atoms with Crippen LogP contribution in [0.15, 0.2) is 59.5 Å². The van der Waals surface area contributed by atoms with Crippen LogP contribution >= 0.6 is 11.8 Å². The molecule has 2 aromatic carbocycles. The van der Waals surface area contributed by atoms with Gasteiger partial charge >= 0.3 is 0 Å². The second-order valence-corrected chi connectivity index (χ2v) is 6.58. The second-order valence-electron chi connectivity index (χ2n) is 5.54. The van der Waals surface area contributed by atoms with E-state index in [0.717, 1.165) is 17.0 Å². The normalized spacial score (nSPS) is 12.2. The van der Waals surface area contributed by atoms with Crippen LogP contribution < -0.4 is 5.32 Å². The van der Waals surface area contributed by atoms with Crippen LogP contribution in [0.3, 0.4) is 0 Å². The van der Waals surface area contributed by atoms with Crippen LogP contribution in [0.25, 0.3) is 0 Å². The summed E-state index contributed by atoms with van der Waals surface area (Å²) in [5.74, 6) is 0.00604. The number of amides is 1. The van der Waals surface area contributed by atoms with Gasteiger partial charge in [0.1, 0.15) is 5.82 Å². The van der Waals surface area contributed by atoms with Crippen LogP contribution in [0, 0.1) is 5.82 Å². The fourth-order valence-electron chi connectivity index (χ4n) is 2.20. The first-order valence-electron chi connectivity index (χ1n) is 7.42. The molecule has 2 aromatic rings. The maximum atomic E-state index is 12.9. The largest absolute Gasteiger partial charge is 0.347 e. The summed E-state index contributed by atoms with van der Waals surface area (Å²) in [5.41, 5.74) is 1.08. The molecule has 0 aliphatic rings. The minimum atomic E-state index is -0.270. The van der Waals surface area contributed by atoms with Crippen molar-refractivity contribution in [1.82, 2.24) is 10.2 Å². The van der Waals surface area contributed by atoms with Gasteiger partial charge in [0.05, 0.1) is 11.8 Å². The molecule has 0 aliphatic carbocycles. The van der Waals surface area contributed by atoms with E-state index in [1.54, 1.807) is 12.1 Å². The van der Waals surface area contributed by atoms with Gasteiger partial charge in [0.2, 0.25) is 5.91 Å². The molecular weight excluding hydrogens is 311 g/mol. The fourth-order valence-corrected chi connectivity index (χ4v) is 2.91. The van der Waals surface area contributed by atoms with Crippen molar-refractivity contribution in [3.05, 3.63) is 66.0 Å². The average molecular weight is 332 g/mol. The van der Waals surface area contributed by atoms with Gasteiger partial charge in [-0.25, -0.2) is 4.39 Å². The maximum Gasteiger partial charge on any atom is 0.230 e. The minimum Gasteiger partial charge on any atom is -0.347 e. The summed E-state index contributed by atoms with van der Waals surface area (Å²) in [6, 6.07) is 16.1. The smallest absolute Gasteiger partial charge is 0.230 e. The third kappa shape index (κ3) is 6.04. The molecule has 0 heterocycles. The van der Waals surface area contributed by atoms with E-state index in [2.05, 4.69) is 5.32 Å². The number of likely N-dealkylation sites (N-methyl/N-ethyl adjacent to an activating group) is 1. The highest BCUT2D eigenvalue weighted by Gasteiger charge is 2.15. The van der Waals surface area contributed by atoms with E-state index in [0.29, 0.717) is 5.75 Å². The van der Waals surface area contributed by atoms with Gasteiger partial charge in [-0.3, -0.25) is 4.79 Å². The Hall–Kier alpha value is -1.85. The van der Waals surface area contributed by atoms with Crippen molar-refractivity contribution in [3.63, 3.8) is 0 Å². The van der Waals surface area contributed by atoms with Gasteiger partial charge in [0.25, 0.3) is 0 Å². The maximum absolute atomic E-state index is 12.9. The molecule has 0 bridgehead atoms. The number of hydrogen-bond acceptors (Lipinski definition) is 3. The molecule has 3 nitrogen and oxygen atoms in total. The number of carbonyl (C=O) groups is 1. The highest BCUT2D eigenvalue weighted by Crippen LogP contribution is 2.19. The molecule has 122 valence electrons. The van der Waals surface area contributed by atoms with Crippen LogP contribution in [-0.4, -0.2) is 37.2 Å². The monoisotopic (exact) mass is 332 g/mol. The van der Waals surface area contributed by atoms with Gasteiger partial charge in [-0.05, 0) is 43.9 Å². The zero-order valence-corrected chi connectivity index (χ0v) is 14.1. The predicted octanol–water partition coefficient (Wildman–Crippen LogP) is 3.34. The van der Waals surface area contributed by atoms with Crippen LogP contribution in [0.5, 0.6) is 0 Å². The molecule has 0 aliphatic heterocycles. The van der Waals surface area contributed by atoms with E-state index in [4.69, 9.17) is 0 Å². The summed E-state index contributed by atoms with van der Waals surface area (Å²) in [6.45, 7) is 0.733. The Morgan fingerprint density at radius 2 is 1.78 bits per heavy atom. The van der Waals surface area contributed by atoms with E-state index >= 15 is 0 Å². The van der Waals surface area contributed by atoms with E-state index < -0.39 is 0 Å². The number of hydrogen-bond donors (Lipinski definition) is 1. The zero-order valence-electron chi connectivity index (χ0n) is 13.3. The zero-order chi connectivity index (χ0) is 16.7. The Balaban J connectivity index is 1.93. The summed E-state index contributed by atoms with van der Waals surface area (Å²) < 4.78 is 12.9. The van der Waals surface area contributed by atoms with Crippen molar-refractivity contribution in [2.45, 2.75) is 10.9 Å². The molecular formula is C18H21FN2OS. The van der Waals surface area contributed by atoms with E-state index in [1.165, 1.54) is 23.9 Å². The highest BCUT2D eigenvalue weighted by molar-refractivity contribution is 8.00. The average Bonchev–Trinajstić information content (AvgIpc) is 2.54. The molecule has 2 rings (SSSR count). The molecule has 0 radical (unpaired) electrons. The third-order valence-corrected chi connectivity index (χ3v) is 4.28. The lowest BCUT2D eigenvalue weighted by molar-refractivity contribution is -0.119. The summed E-state index contributed by atoms with van der Waals surface area (Å²) in [6.07, 6.45) is 0. The number of nitrogens with one attached hydrogen (secondary N) is 1. The van der Waals surface area contributed by atoms with Crippen LogP contribution in [-0.2, 0) is 4.79 Å². The standard InChI is InChI=1S/C18H21FN2OS/c1-21(2)12-17(14-6-4-3-5-7-14)20-18(22)13-23-16-10-8-15(19)9-11-16/h3-11,17H,12-13H2,1-2H3,(H,20,22)/t17-/m1/s1. The van der Waals surface area contributed by atoms with Crippen LogP contribution in [0.4, 0.5) is 4.39 Å². The number of nitrogens with zero attached hydrogens (tertiary/aromatic N) is 1. The van der Waals surface area contributed by atoms with Gasteiger partial charge in [-0.15, -0.1) is 11.8 Å². The van der Waals surface area contributed by atoms with Crippen molar-refractivity contribution in [2.75, 3.05) is 26.4 Å². The number of thioether (sulfide) groups is 1. The van der Waals surface area contributed by atoms with E-state index in [9.17, 15) is 9.18 Å². The van der Waals surface area contributed by atoms with Gasteiger partial charge < -0.3 is 10.2 Å². The predicted molar refractivity (Wildman–Crippen MR) is 93.0 cm³/mol. The molecule has 1 amide bonds. The van der Waals surface area contributed by atoms with Gasteiger partial charge in [-0.1, -0.05) is 30.3 Å². The molecule has 0 saturated carbocycles. The molecule has 0 unspecified atom stereocenters. The Labute approximate surface area is 140 Å². The highest BCUT2D eigenvalue weighted by atomic mass is 32.2. The van der Waals surface area contributed by atoms with E-state index in [1.807, 2.05) is 49.3 Å². The fraction of sp³-hybridized carbons (Fsp3) is 0.278. The number of rotatable bonds is 7. The Bertz CT molecular complexity index is 617. The lowest BCUT2D eigenvalue weighted by Crippen LogP contribution is -2.36. The molecule has 1 N–H and O–H groups in total. The molecule has 0 saturated heterocycles. The summed E-state index contributed by atoms with van der Waals surface area (Å²) in [7, 11) is 3.96. The summed E-state index contributed by atoms with van der Waals surface area (Å²) in [5, 5.41) is 3.07. The van der Waals surface area contributed by atoms with Crippen molar-refractivity contribution in [1.29, 1.82) is 0 Å². The molecule has 1 atom stereocenters. The molecule has 23 heavy (non-hydrogen) atoms. The Morgan fingerprint density at radius 3 is 2.39 bits per heavy atom. The SMILES string of the molecule is CN(C)C[C@@H](NC(=O)CSc1ccc(F)cc1)c1ccccc1. The molecule has 0 aromatic heterocycles. The Morgan fingerprint density at radius 1 is 1.13 bits per heavy atom. The van der Waals surface area contributed by atoms with Crippen molar-refractivity contribution >= 4 is 17.7 Å². The van der Waals surface area contributed by atoms with Gasteiger partial charge in [-0.2, -0.15) is 0 Å². The minimum absolute atomic E-state index is 0.0324. The second kappa shape index (κ2) is 8.70. The van der Waals surface area contributed by atoms with Crippen LogP contribution in [0.1, 0.15) is 11.6 Å². The lowest BCUT2D eigenvalue weighted by atomic mass is 10.1. The van der Waals surface area contributed by atoms with Gasteiger partial charge in [0, 0.05) is 11.4 Å². The Kier molecular flexibility index (Phi) is 6.62. The number of carbonyl (C=O) groups excluding carboxylic acids is 1. The third-order valence-electron chi connectivity index (χ3n) is 3.27. The quantitative estimate of drug-likeness (QED) is 0.789. The lowest BCUT2D eigenvalue weighted by Gasteiger charge is -2.22. The topological polar surface area (TPSA) is 32.3 Å². The molecule has 5 heteroatoms. The van der Waals surface area contributed by atoms with Crippen molar-refractivity contribution < 1.29 is 9.18 Å². The first kappa shape index (κ1) is 17.5. The summed E-state index contributed by atoms with van der Waals surface area (Å²) >= 11 is 1.40. The van der Waals surface area contributed by atoms with Crippen molar-refractivity contribution in [3.8, 4) is 0 Å². The van der Waals surface area contributed by atoms with Crippen molar-refractivity contribution in [2.24, 2.45) is 0 Å². The van der Waals surface area contributed by atoms with E-state index in [-0.39, 0.29) is 17.8 Å². The summed E-state index contributed by atoms with van der Waals surface area (Å²) in [4.78, 5) is 15.2. The number of halogens is 1. The van der Waals surface area contributed by atoms with Crippen LogP contribution in [0.2, 0.25) is 0 Å².